The van der Waals surface area contributed by atoms with Gasteiger partial charge in [-0.1, -0.05) is 35.4 Å². The van der Waals surface area contributed by atoms with E-state index in [-0.39, 0.29) is 18.6 Å². The molecule has 0 saturated heterocycles. The second kappa shape index (κ2) is 9.31. The molecular formula is C23H27NO4. The van der Waals surface area contributed by atoms with Gasteiger partial charge in [0, 0.05) is 17.7 Å². The number of hydrogen-bond acceptors (Lipinski definition) is 4. The molecule has 0 unspecified atom stereocenters. The van der Waals surface area contributed by atoms with Gasteiger partial charge in [-0.3, -0.25) is 14.4 Å². The van der Waals surface area contributed by atoms with E-state index in [2.05, 4.69) is 5.32 Å². The van der Waals surface area contributed by atoms with Crippen molar-refractivity contribution in [1.82, 2.24) is 0 Å². The molecule has 5 nitrogen and oxygen atoms in total. The SMILES string of the molecule is Cc1ccc(NC(=O)[C@H](C)OC(=O)CCC(=O)c2cc(C)ccc2C)c(C)c1. The van der Waals surface area contributed by atoms with Crippen LogP contribution in [0.15, 0.2) is 36.4 Å². The van der Waals surface area contributed by atoms with Crippen molar-refractivity contribution >= 4 is 23.3 Å². The van der Waals surface area contributed by atoms with E-state index >= 15 is 0 Å². The van der Waals surface area contributed by atoms with Crippen molar-refractivity contribution in [2.45, 2.75) is 53.6 Å². The number of hydrogen-bond donors (Lipinski definition) is 1. The molecule has 0 aromatic heterocycles. The van der Waals surface area contributed by atoms with Crippen molar-refractivity contribution in [2.24, 2.45) is 0 Å². The first-order valence-electron chi connectivity index (χ1n) is 9.35. The number of rotatable bonds is 7. The van der Waals surface area contributed by atoms with Gasteiger partial charge < -0.3 is 10.1 Å². The molecule has 2 aromatic rings. The van der Waals surface area contributed by atoms with E-state index in [1.807, 2.05) is 64.1 Å². The van der Waals surface area contributed by atoms with Crippen LogP contribution in [0.25, 0.3) is 0 Å². The first kappa shape index (κ1) is 21.4. The highest BCUT2D eigenvalue weighted by molar-refractivity contribution is 5.99. The van der Waals surface area contributed by atoms with E-state index in [1.54, 1.807) is 0 Å². The maximum absolute atomic E-state index is 12.4. The van der Waals surface area contributed by atoms with Crippen LogP contribution in [-0.2, 0) is 14.3 Å². The number of nitrogens with one attached hydrogen (secondary N) is 1. The van der Waals surface area contributed by atoms with Crippen LogP contribution in [-0.4, -0.2) is 23.8 Å². The molecule has 2 aromatic carbocycles. The molecule has 0 bridgehead atoms. The number of anilines is 1. The highest BCUT2D eigenvalue weighted by atomic mass is 16.5. The van der Waals surface area contributed by atoms with Gasteiger partial charge in [0.15, 0.2) is 11.9 Å². The van der Waals surface area contributed by atoms with Crippen LogP contribution in [0, 0.1) is 27.7 Å². The van der Waals surface area contributed by atoms with Crippen LogP contribution in [0.4, 0.5) is 5.69 Å². The van der Waals surface area contributed by atoms with Crippen LogP contribution in [0.1, 0.15) is 52.4 Å². The summed E-state index contributed by atoms with van der Waals surface area (Å²) in [7, 11) is 0. The minimum atomic E-state index is -0.941. The normalized spacial score (nSPS) is 11.6. The Hall–Kier alpha value is -2.95. The fourth-order valence-electron chi connectivity index (χ4n) is 2.88. The Morgan fingerprint density at radius 3 is 2.21 bits per heavy atom. The Balaban J connectivity index is 1.87. The molecule has 5 heteroatoms. The van der Waals surface area contributed by atoms with Gasteiger partial charge in [-0.05, 0) is 57.9 Å². The Morgan fingerprint density at radius 1 is 0.893 bits per heavy atom. The van der Waals surface area contributed by atoms with Crippen molar-refractivity contribution in [3.05, 3.63) is 64.2 Å². The Labute approximate surface area is 166 Å². The molecule has 0 aliphatic carbocycles. The average Bonchev–Trinajstić information content (AvgIpc) is 2.63. The summed E-state index contributed by atoms with van der Waals surface area (Å²) in [6.07, 6.45) is -0.953. The molecule has 0 saturated carbocycles. The second-order valence-corrected chi connectivity index (χ2v) is 7.18. The Kier molecular flexibility index (Phi) is 7.10. The number of benzene rings is 2. The quantitative estimate of drug-likeness (QED) is 0.568. The summed E-state index contributed by atoms with van der Waals surface area (Å²) in [6, 6.07) is 11.3. The van der Waals surface area contributed by atoms with Crippen LogP contribution in [0.5, 0.6) is 0 Å². The molecule has 28 heavy (non-hydrogen) atoms. The summed E-state index contributed by atoms with van der Waals surface area (Å²) in [5, 5.41) is 2.76. The molecule has 0 aliphatic rings. The fourth-order valence-corrected chi connectivity index (χ4v) is 2.88. The van der Waals surface area contributed by atoms with Crippen molar-refractivity contribution < 1.29 is 19.1 Å². The van der Waals surface area contributed by atoms with Gasteiger partial charge in [-0.2, -0.15) is 0 Å². The zero-order valence-corrected chi connectivity index (χ0v) is 17.1. The molecular weight excluding hydrogens is 354 g/mol. The molecule has 148 valence electrons. The number of amides is 1. The number of carbonyl (C=O) groups is 3. The highest BCUT2D eigenvalue weighted by Gasteiger charge is 2.20. The van der Waals surface area contributed by atoms with E-state index in [0.29, 0.717) is 11.3 Å². The zero-order chi connectivity index (χ0) is 20.8. The largest absolute Gasteiger partial charge is 0.453 e. The molecule has 0 spiro atoms. The van der Waals surface area contributed by atoms with Crippen molar-refractivity contribution in [3.63, 3.8) is 0 Å². The minimum Gasteiger partial charge on any atom is -0.453 e. The first-order chi connectivity index (χ1) is 13.2. The number of aryl methyl sites for hydroxylation is 4. The van der Waals surface area contributed by atoms with Crippen LogP contribution < -0.4 is 5.32 Å². The number of ketones is 1. The monoisotopic (exact) mass is 381 g/mol. The smallest absolute Gasteiger partial charge is 0.307 e. The van der Waals surface area contributed by atoms with E-state index in [0.717, 1.165) is 22.3 Å². The third-order valence-electron chi connectivity index (χ3n) is 4.57. The van der Waals surface area contributed by atoms with E-state index in [1.165, 1.54) is 6.92 Å². The predicted octanol–water partition coefficient (Wildman–Crippen LogP) is 4.45. The lowest BCUT2D eigenvalue weighted by Gasteiger charge is -2.15. The van der Waals surface area contributed by atoms with Crippen LogP contribution in [0.2, 0.25) is 0 Å². The third-order valence-corrected chi connectivity index (χ3v) is 4.57. The lowest BCUT2D eigenvalue weighted by atomic mass is 9.99. The molecule has 1 amide bonds. The number of Topliss-reactive ketones (excluding diaryl/α,β-unsaturated/α-hetero) is 1. The van der Waals surface area contributed by atoms with Crippen molar-refractivity contribution in [1.29, 1.82) is 0 Å². The van der Waals surface area contributed by atoms with Gasteiger partial charge in [-0.15, -0.1) is 0 Å². The first-order valence-corrected chi connectivity index (χ1v) is 9.35. The van der Waals surface area contributed by atoms with Crippen LogP contribution in [0.3, 0.4) is 0 Å². The van der Waals surface area contributed by atoms with Crippen molar-refractivity contribution in [3.8, 4) is 0 Å². The van der Waals surface area contributed by atoms with Crippen LogP contribution >= 0.6 is 0 Å². The Bertz CT molecular complexity index is 901. The van der Waals surface area contributed by atoms with Gasteiger partial charge >= 0.3 is 5.97 Å². The zero-order valence-electron chi connectivity index (χ0n) is 17.1. The molecule has 0 heterocycles. The van der Waals surface area contributed by atoms with Gasteiger partial charge in [0.25, 0.3) is 5.91 Å². The van der Waals surface area contributed by atoms with Gasteiger partial charge in [0.2, 0.25) is 0 Å². The second-order valence-electron chi connectivity index (χ2n) is 7.18. The molecule has 0 radical (unpaired) electrons. The maximum atomic E-state index is 12.4. The summed E-state index contributed by atoms with van der Waals surface area (Å²) in [5.74, 6) is -1.08. The molecule has 1 N–H and O–H groups in total. The molecule has 0 aliphatic heterocycles. The minimum absolute atomic E-state index is 0.0501. The van der Waals surface area contributed by atoms with E-state index < -0.39 is 18.0 Å². The third kappa shape index (κ3) is 5.78. The van der Waals surface area contributed by atoms with Crippen molar-refractivity contribution in [2.75, 3.05) is 5.32 Å². The molecule has 0 fully saturated rings. The number of esters is 1. The summed E-state index contributed by atoms with van der Waals surface area (Å²) in [5.41, 5.74) is 5.21. The highest BCUT2D eigenvalue weighted by Crippen LogP contribution is 2.17. The standard InChI is InChI=1S/C23H27NO4/c1-14-7-9-20(17(4)12-14)24-23(27)18(5)28-22(26)11-10-21(25)19-13-15(2)6-8-16(19)3/h6-9,12-13,18H,10-11H2,1-5H3,(H,24,27)/t18-/m0/s1. The summed E-state index contributed by atoms with van der Waals surface area (Å²) >= 11 is 0. The molecule has 2 rings (SSSR count). The Morgan fingerprint density at radius 2 is 1.54 bits per heavy atom. The summed E-state index contributed by atoms with van der Waals surface area (Å²) in [6.45, 7) is 9.18. The maximum Gasteiger partial charge on any atom is 0.307 e. The van der Waals surface area contributed by atoms with E-state index in [4.69, 9.17) is 4.74 Å². The van der Waals surface area contributed by atoms with E-state index in [9.17, 15) is 14.4 Å². The number of carbonyl (C=O) groups excluding carboxylic acids is 3. The topological polar surface area (TPSA) is 72.5 Å². The average molecular weight is 381 g/mol. The molecule has 1 atom stereocenters. The van der Waals surface area contributed by atoms with Gasteiger partial charge in [0.05, 0.1) is 6.42 Å². The predicted molar refractivity (Wildman–Crippen MR) is 110 cm³/mol. The lowest BCUT2D eigenvalue weighted by molar-refractivity contribution is -0.153. The van der Waals surface area contributed by atoms with Gasteiger partial charge in [-0.25, -0.2) is 0 Å². The fraction of sp³-hybridized carbons (Fsp3) is 0.348. The summed E-state index contributed by atoms with van der Waals surface area (Å²) < 4.78 is 5.19. The number of ether oxygens (including phenoxy) is 1. The lowest BCUT2D eigenvalue weighted by Crippen LogP contribution is -2.30. The summed E-state index contributed by atoms with van der Waals surface area (Å²) in [4.78, 5) is 36.7. The van der Waals surface area contributed by atoms with Gasteiger partial charge in [0.1, 0.15) is 0 Å².